The van der Waals surface area contributed by atoms with Crippen molar-refractivity contribution in [2.24, 2.45) is 0 Å². The van der Waals surface area contributed by atoms with Gasteiger partial charge in [-0.15, -0.1) is 0 Å². The molecule has 0 amide bonds. The molecule has 0 fully saturated rings. The van der Waals surface area contributed by atoms with Crippen LogP contribution in [-0.4, -0.2) is 9.78 Å². The molecule has 0 aliphatic rings. The highest BCUT2D eigenvalue weighted by Gasteiger charge is 2.06. The third-order valence-corrected chi connectivity index (χ3v) is 2.90. The van der Waals surface area contributed by atoms with Crippen molar-refractivity contribution in [3.8, 4) is 0 Å². The molecule has 0 atom stereocenters. The Bertz CT molecular complexity index is 569. The van der Waals surface area contributed by atoms with E-state index in [1.807, 2.05) is 24.3 Å². The van der Waals surface area contributed by atoms with Crippen LogP contribution in [0.3, 0.4) is 0 Å². The molecular formula is C13H15ClN2O. The third kappa shape index (κ3) is 2.80. The first-order valence-electron chi connectivity index (χ1n) is 5.60. The smallest absolute Gasteiger partial charge is 0.267 e. The van der Waals surface area contributed by atoms with E-state index in [1.165, 1.54) is 0 Å². The van der Waals surface area contributed by atoms with Gasteiger partial charge in [0.2, 0.25) is 0 Å². The van der Waals surface area contributed by atoms with Crippen LogP contribution < -0.4 is 5.56 Å². The van der Waals surface area contributed by atoms with E-state index in [1.54, 1.807) is 10.7 Å². The molecule has 0 saturated heterocycles. The molecule has 2 rings (SSSR count). The van der Waals surface area contributed by atoms with Gasteiger partial charge in [-0.25, -0.2) is 4.68 Å². The molecule has 0 spiro atoms. The fourth-order valence-electron chi connectivity index (χ4n) is 1.69. The molecule has 3 nitrogen and oxygen atoms in total. The van der Waals surface area contributed by atoms with Crippen molar-refractivity contribution in [2.75, 3.05) is 0 Å². The van der Waals surface area contributed by atoms with Crippen LogP contribution in [0.1, 0.15) is 31.0 Å². The number of nitrogens with one attached hydrogen (secondary N) is 1. The van der Waals surface area contributed by atoms with Gasteiger partial charge in [0.15, 0.2) is 0 Å². The van der Waals surface area contributed by atoms with Crippen molar-refractivity contribution in [3.05, 3.63) is 57.0 Å². The second kappa shape index (κ2) is 4.80. The fraction of sp³-hybridized carbons (Fsp3) is 0.308. The molecule has 0 bridgehead atoms. The highest BCUT2D eigenvalue weighted by atomic mass is 35.5. The predicted octanol–water partition coefficient (Wildman–Crippen LogP) is 3.00. The Morgan fingerprint density at radius 1 is 1.35 bits per heavy atom. The Morgan fingerprint density at radius 2 is 2.12 bits per heavy atom. The van der Waals surface area contributed by atoms with Crippen LogP contribution in [0.5, 0.6) is 0 Å². The normalized spacial score (nSPS) is 11.1. The number of rotatable bonds is 3. The second-order valence-corrected chi connectivity index (χ2v) is 4.86. The van der Waals surface area contributed by atoms with Crippen LogP contribution in [0, 0.1) is 0 Å². The number of aromatic amines is 1. The van der Waals surface area contributed by atoms with E-state index in [2.05, 4.69) is 18.9 Å². The maximum atomic E-state index is 11.7. The van der Waals surface area contributed by atoms with Crippen molar-refractivity contribution >= 4 is 11.6 Å². The molecule has 0 radical (unpaired) electrons. The van der Waals surface area contributed by atoms with Gasteiger partial charge in [0.1, 0.15) is 0 Å². The Labute approximate surface area is 105 Å². The summed E-state index contributed by atoms with van der Waals surface area (Å²) >= 11 is 5.91. The lowest BCUT2D eigenvalue weighted by atomic mass is 10.1. The van der Waals surface area contributed by atoms with Crippen LogP contribution in [0.15, 0.2) is 35.1 Å². The summed E-state index contributed by atoms with van der Waals surface area (Å²) in [5.41, 5.74) is 1.96. The van der Waals surface area contributed by atoms with Crippen molar-refractivity contribution in [3.63, 3.8) is 0 Å². The zero-order valence-corrected chi connectivity index (χ0v) is 10.7. The Morgan fingerprint density at radius 3 is 2.71 bits per heavy atom. The standard InChI is InChI=1S/C13H15ClN2O/c1-9(2)12-7-13(17)16(15-12)8-10-4-3-5-11(14)6-10/h3-7,9,15H,8H2,1-2H3. The van der Waals surface area contributed by atoms with Gasteiger partial charge in [0.05, 0.1) is 6.54 Å². The molecular weight excluding hydrogens is 236 g/mol. The Balaban J connectivity index is 2.27. The van der Waals surface area contributed by atoms with Crippen LogP contribution in [0.25, 0.3) is 0 Å². The lowest BCUT2D eigenvalue weighted by Gasteiger charge is -2.04. The number of nitrogens with zero attached hydrogens (tertiary/aromatic N) is 1. The van der Waals surface area contributed by atoms with E-state index in [0.29, 0.717) is 17.5 Å². The summed E-state index contributed by atoms with van der Waals surface area (Å²) in [6.45, 7) is 4.62. The molecule has 1 N–H and O–H groups in total. The third-order valence-electron chi connectivity index (χ3n) is 2.66. The maximum absolute atomic E-state index is 11.7. The molecule has 0 unspecified atom stereocenters. The summed E-state index contributed by atoms with van der Waals surface area (Å²) in [5, 5.41) is 3.80. The van der Waals surface area contributed by atoms with Crippen LogP contribution in [0.4, 0.5) is 0 Å². The summed E-state index contributed by atoms with van der Waals surface area (Å²) in [7, 11) is 0. The quantitative estimate of drug-likeness (QED) is 0.894. The molecule has 1 aromatic carbocycles. The second-order valence-electron chi connectivity index (χ2n) is 4.42. The molecule has 1 heterocycles. The number of halogens is 1. The number of benzene rings is 1. The molecule has 1 aromatic heterocycles. The summed E-state index contributed by atoms with van der Waals surface area (Å²) < 4.78 is 1.60. The molecule has 17 heavy (non-hydrogen) atoms. The maximum Gasteiger partial charge on any atom is 0.267 e. The largest absolute Gasteiger partial charge is 0.299 e. The fourth-order valence-corrected chi connectivity index (χ4v) is 1.90. The highest BCUT2D eigenvalue weighted by Crippen LogP contribution is 2.12. The molecule has 0 aliphatic heterocycles. The van der Waals surface area contributed by atoms with Gasteiger partial charge >= 0.3 is 0 Å². The topological polar surface area (TPSA) is 37.8 Å². The highest BCUT2D eigenvalue weighted by molar-refractivity contribution is 6.30. The minimum atomic E-state index is -0.00586. The average molecular weight is 251 g/mol. The Hall–Kier alpha value is -1.48. The first-order chi connectivity index (χ1) is 8.06. The van der Waals surface area contributed by atoms with Crippen molar-refractivity contribution in [2.45, 2.75) is 26.3 Å². The van der Waals surface area contributed by atoms with Gasteiger partial charge in [-0.05, 0) is 23.6 Å². The molecule has 4 heteroatoms. The summed E-state index contributed by atoms with van der Waals surface area (Å²) in [5.74, 6) is 0.323. The molecule has 2 aromatic rings. The lowest BCUT2D eigenvalue weighted by molar-refractivity contribution is 0.640. The minimum Gasteiger partial charge on any atom is -0.299 e. The van der Waals surface area contributed by atoms with Crippen LogP contribution >= 0.6 is 11.6 Å². The van der Waals surface area contributed by atoms with Gasteiger partial charge in [-0.2, -0.15) is 0 Å². The van der Waals surface area contributed by atoms with E-state index >= 15 is 0 Å². The number of H-pyrrole nitrogens is 1. The summed E-state index contributed by atoms with van der Waals surface area (Å²) in [6.07, 6.45) is 0. The van der Waals surface area contributed by atoms with Gasteiger partial charge < -0.3 is 0 Å². The van der Waals surface area contributed by atoms with Gasteiger partial charge in [0.25, 0.3) is 5.56 Å². The van der Waals surface area contributed by atoms with Crippen molar-refractivity contribution in [1.29, 1.82) is 0 Å². The van der Waals surface area contributed by atoms with Crippen molar-refractivity contribution in [1.82, 2.24) is 9.78 Å². The first kappa shape index (κ1) is 12.0. The summed E-state index contributed by atoms with van der Waals surface area (Å²) in [4.78, 5) is 11.7. The minimum absolute atomic E-state index is 0.00586. The van der Waals surface area contributed by atoms with E-state index in [4.69, 9.17) is 11.6 Å². The van der Waals surface area contributed by atoms with E-state index in [-0.39, 0.29) is 5.56 Å². The SMILES string of the molecule is CC(C)c1cc(=O)n(Cc2cccc(Cl)c2)[nH]1. The molecule has 0 saturated carbocycles. The average Bonchev–Trinajstić information content (AvgIpc) is 2.61. The Kier molecular flexibility index (Phi) is 3.38. The van der Waals surface area contributed by atoms with Gasteiger partial charge in [0, 0.05) is 16.8 Å². The number of hydrogen-bond acceptors (Lipinski definition) is 1. The zero-order chi connectivity index (χ0) is 12.4. The first-order valence-corrected chi connectivity index (χ1v) is 5.98. The van der Waals surface area contributed by atoms with Crippen LogP contribution in [-0.2, 0) is 6.54 Å². The van der Waals surface area contributed by atoms with Gasteiger partial charge in [-0.3, -0.25) is 9.89 Å². The van der Waals surface area contributed by atoms with Gasteiger partial charge in [-0.1, -0.05) is 37.6 Å². The van der Waals surface area contributed by atoms with E-state index in [0.717, 1.165) is 11.3 Å². The van der Waals surface area contributed by atoms with E-state index < -0.39 is 0 Å². The molecule has 90 valence electrons. The zero-order valence-electron chi connectivity index (χ0n) is 9.90. The lowest BCUT2D eigenvalue weighted by Crippen LogP contribution is -2.16. The van der Waals surface area contributed by atoms with Crippen molar-refractivity contribution < 1.29 is 0 Å². The monoisotopic (exact) mass is 250 g/mol. The number of hydrogen-bond donors (Lipinski definition) is 1. The predicted molar refractivity (Wildman–Crippen MR) is 69.7 cm³/mol. The van der Waals surface area contributed by atoms with E-state index in [9.17, 15) is 4.79 Å². The number of aromatic nitrogens is 2. The summed E-state index contributed by atoms with van der Waals surface area (Å²) in [6, 6.07) is 9.17. The molecule has 0 aliphatic carbocycles. The van der Waals surface area contributed by atoms with Crippen LogP contribution in [0.2, 0.25) is 5.02 Å².